The van der Waals surface area contributed by atoms with Gasteiger partial charge in [-0.3, -0.25) is 0 Å². The van der Waals surface area contributed by atoms with Crippen LogP contribution in [-0.4, -0.2) is 3.76 Å². The maximum atomic E-state index is 2.83. The fourth-order valence-electron chi connectivity index (χ4n) is 8.66. The molecule has 0 spiro atoms. The van der Waals surface area contributed by atoms with Gasteiger partial charge in [0.05, 0.1) is 0 Å². The predicted octanol–water partition coefficient (Wildman–Crippen LogP) is 12.7. The Morgan fingerprint density at radius 2 is 0.977 bits per heavy atom. The summed E-state index contributed by atoms with van der Waals surface area (Å²) in [5.74, 6) is 1.09. The molecule has 2 aliphatic carbocycles. The third-order valence-corrected chi connectivity index (χ3v) is 41.0. The Hall–Kier alpha value is -2.90. The molecule has 0 aromatic heterocycles. The first-order valence-electron chi connectivity index (χ1n) is 16.5. The number of rotatable bonds is 7. The van der Waals surface area contributed by atoms with Crippen LogP contribution in [0.1, 0.15) is 93.6 Å². The maximum absolute atomic E-state index is 4.44. The van der Waals surface area contributed by atoms with Gasteiger partial charge in [-0.2, -0.15) is 0 Å². The van der Waals surface area contributed by atoms with Gasteiger partial charge in [-0.1, -0.05) is 0 Å². The van der Waals surface area contributed by atoms with Crippen molar-refractivity contribution in [3.8, 4) is 22.3 Å². The van der Waals surface area contributed by atoms with Gasteiger partial charge in [0.25, 0.3) is 0 Å². The number of hydrogen-bond donors (Lipinski definition) is 0. The predicted molar refractivity (Wildman–Crippen MR) is 189 cm³/mol. The summed E-state index contributed by atoms with van der Waals surface area (Å²) in [6.07, 6.45) is 11.2. The van der Waals surface area contributed by atoms with Crippen molar-refractivity contribution in [1.82, 2.24) is 0 Å². The van der Waals surface area contributed by atoms with Gasteiger partial charge in [0.1, 0.15) is 0 Å². The van der Waals surface area contributed by atoms with Crippen LogP contribution >= 0.6 is 0 Å². The molecular weight excluding hydrogens is 683 g/mol. The molecule has 6 rings (SSSR count). The second kappa shape index (κ2) is 10.3. The molecule has 43 heavy (non-hydrogen) atoms. The molecule has 0 bridgehead atoms. The Morgan fingerprint density at radius 3 is 1.33 bits per heavy atom. The summed E-state index contributed by atoms with van der Waals surface area (Å²) in [5.41, 5.74) is 14.0. The first-order valence-corrected chi connectivity index (χ1v) is 33.5. The quantitative estimate of drug-likeness (QED) is 0.166. The molecule has 0 aliphatic heterocycles. The summed E-state index contributed by atoms with van der Waals surface area (Å²) < 4.78 is 11.9. The van der Waals surface area contributed by atoms with Gasteiger partial charge in [0.2, 0.25) is 0 Å². The zero-order valence-electron chi connectivity index (χ0n) is 27.5. The van der Waals surface area contributed by atoms with E-state index in [1.165, 1.54) is 55.6 Å². The molecule has 0 saturated carbocycles. The molecule has 221 valence electrons. The van der Waals surface area contributed by atoms with Crippen LogP contribution in [0.5, 0.6) is 0 Å². The molecular formula is C42H49Hf. The monoisotopic (exact) mass is 733 g/mol. The number of allylic oxidation sites excluding steroid dienone is 2. The third-order valence-electron chi connectivity index (χ3n) is 11.3. The van der Waals surface area contributed by atoms with Crippen molar-refractivity contribution in [2.75, 3.05) is 0 Å². The molecule has 0 radical (unpaired) electrons. The van der Waals surface area contributed by atoms with Crippen molar-refractivity contribution in [2.24, 2.45) is 0 Å². The molecule has 0 heterocycles. The molecule has 4 aromatic rings. The zero-order valence-corrected chi connectivity index (χ0v) is 31.1. The first kappa shape index (κ1) is 30.1. The van der Waals surface area contributed by atoms with Crippen LogP contribution in [0.15, 0.2) is 97.1 Å². The topological polar surface area (TPSA) is 0 Å². The van der Waals surface area contributed by atoms with E-state index in [4.69, 9.17) is 0 Å². The van der Waals surface area contributed by atoms with Crippen LogP contribution < -0.4 is 0 Å². The Kier molecular flexibility index (Phi) is 7.25. The third kappa shape index (κ3) is 4.87. The van der Waals surface area contributed by atoms with Crippen molar-refractivity contribution in [3.63, 3.8) is 0 Å². The molecule has 0 amide bonds. The van der Waals surface area contributed by atoms with Gasteiger partial charge in [-0.25, -0.2) is 0 Å². The average molecular weight is 732 g/mol. The van der Waals surface area contributed by atoms with Gasteiger partial charge >= 0.3 is 259 Å². The summed E-state index contributed by atoms with van der Waals surface area (Å²) >= 11 is -4.44. The van der Waals surface area contributed by atoms with Crippen LogP contribution in [0.25, 0.3) is 34.4 Å². The van der Waals surface area contributed by atoms with Crippen LogP contribution in [0.4, 0.5) is 0 Å². The standard InChI is InChI=1S/2C18H17.C3H6.3CH3.Hf/c2*1-13(2)14-9-11-16(12-10-14)18-8-4-6-15-5-3-7-17(15)18;1-3-2;;;;/h2*3-13H,1-2H3;1H,3H2,2H3;3*1H3;. The van der Waals surface area contributed by atoms with E-state index in [-0.39, 0.29) is 0 Å². The second-order valence-corrected chi connectivity index (χ2v) is 55.0. The molecule has 2 unspecified atom stereocenters. The van der Waals surface area contributed by atoms with Crippen LogP contribution in [-0.2, 0) is 16.5 Å². The first-order chi connectivity index (χ1) is 20.4. The van der Waals surface area contributed by atoms with Crippen LogP contribution in [0.2, 0.25) is 14.0 Å². The van der Waals surface area contributed by atoms with Gasteiger partial charge in [-0.05, 0) is 0 Å². The van der Waals surface area contributed by atoms with Crippen molar-refractivity contribution < 1.29 is 16.5 Å². The minimum atomic E-state index is -4.44. The van der Waals surface area contributed by atoms with E-state index in [2.05, 4.69) is 162 Å². The van der Waals surface area contributed by atoms with Crippen LogP contribution in [0, 0.1) is 0 Å². The van der Waals surface area contributed by atoms with Crippen molar-refractivity contribution in [1.29, 1.82) is 0 Å². The molecule has 2 aliphatic rings. The van der Waals surface area contributed by atoms with E-state index in [9.17, 15) is 0 Å². The number of hydrogen-bond acceptors (Lipinski definition) is 0. The van der Waals surface area contributed by atoms with E-state index in [0.29, 0.717) is 19.2 Å². The fourth-order valence-corrected chi connectivity index (χ4v) is 35.5. The molecule has 0 fully saturated rings. The Bertz CT molecular complexity index is 1710. The normalized spacial score (nSPS) is 18.9. The van der Waals surface area contributed by atoms with E-state index in [0.717, 1.165) is 6.42 Å². The zero-order chi connectivity index (χ0) is 30.6. The fraction of sp³-hybridized carbons (Fsp3) is 0.310. The summed E-state index contributed by atoms with van der Waals surface area (Å²) in [7, 11) is 0. The van der Waals surface area contributed by atoms with Gasteiger partial charge < -0.3 is 0 Å². The summed E-state index contributed by atoms with van der Waals surface area (Å²) in [4.78, 5) is 0. The van der Waals surface area contributed by atoms with E-state index >= 15 is 0 Å². The number of fused-ring (bicyclic) bond motifs is 2. The van der Waals surface area contributed by atoms with Crippen LogP contribution in [0.3, 0.4) is 0 Å². The van der Waals surface area contributed by atoms with Crippen molar-refractivity contribution in [2.45, 2.75) is 74.3 Å². The molecule has 0 N–H and O–H groups in total. The SMILES string of the molecule is CC[CH]=[Hf]([CH3])([CH3])([CH3])([CH]1C=Cc2c(-c3ccc(C(C)C)cc3)cccc21)[CH]1C=Cc2c(-c3ccc(C(C)C)cc3)cccc21. The number of benzene rings is 4. The molecule has 0 saturated heterocycles. The van der Waals surface area contributed by atoms with E-state index in [1.54, 1.807) is 0 Å². The summed E-state index contributed by atoms with van der Waals surface area (Å²) in [6.45, 7) is 11.4. The molecule has 0 nitrogen and oxygen atoms in total. The van der Waals surface area contributed by atoms with Crippen molar-refractivity contribution in [3.05, 3.63) is 130 Å². The second-order valence-electron chi connectivity index (χ2n) is 16.1. The van der Waals surface area contributed by atoms with Gasteiger partial charge in [0, 0.05) is 0 Å². The van der Waals surface area contributed by atoms with Gasteiger partial charge in [-0.15, -0.1) is 0 Å². The van der Waals surface area contributed by atoms with E-state index < -0.39 is 16.5 Å². The van der Waals surface area contributed by atoms with Gasteiger partial charge in [0.15, 0.2) is 0 Å². The van der Waals surface area contributed by atoms with Crippen molar-refractivity contribution >= 4 is 15.9 Å². The Balaban J connectivity index is 1.47. The average Bonchev–Trinajstić information content (AvgIpc) is 3.64. The van der Waals surface area contributed by atoms with E-state index in [1.807, 2.05) is 0 Å². The minimum absolute atomic E-state index is 0.425. The molecule has 2 atom stereocenters. The Morgan fingerprint density at radius 1 is 0.581 bits per heavy atom. The summed E-state index contributed by atoms with van der Waals surface area (Å²) in [5, 5.41) is 0. The summed E-state index contributed by atoms with van der Waals surface area (Å²) in [6, 6.07) is 32.6. The Labute approximate surface area is 258 Å². The molecule has 4 aromatic carbocycles. The molecule has 1 heteroatoms.